The van der Waals surface area contributed by atoms with Crippen molar-refractivity contribution >= 4 is 17.3 Å². The van der Waals surface area contributed by atoms with Gasteiger partial charge in [0.2, 0.25) is 0 Å². The summed E-state index contributed by atoms with van der Waals surface area (Å²) in [5.41, 5.74) is 1.81. The van der Waals surface area contributed by atoms with Gasteiger partial charge in [0.05, 0.1) is 11.3 Å². The highest BCUT2D eigenvalue weighted by molar-refractivity contribution is 6.30. The summed E-state index contributed by atoms with van der Waals surface area (Å²) in [7, 11) is 0. The van der Waals surface area contributed by atoms with Gasteiger partial charge in [-0.1, -0.05) is 36.4 Å². The number of anilines is 1. The normalized spacial score (nSPS) is 12.9. The minimum Gasteiger partial charge on any atom is -0.289 e. The SMILES string of the molecule is CCN(O)c1cccc2c1C(=O)c1ccccc1C2=O. The lowest BCUT2D eigenvalue weighted by Crippen LogP contribution is -2.26. The van der Waals surface area contributed by atoms with E-state index in [9.17, 15) is 14.8 Å². The van der Waals surface area contributed by atoms with E-state index in [2.05, 4.69) is 0 Å². The average molecular weight is 267 g/mol. The van der Waals surface area contributed by atoms with Gasteiger partial charge in [-0.15, -0.1) is 0 Å². The summed E-state index contributed by atoms with van der Waals surface area (Å²) in [6.07, 6.45) is 0. The number of hydrogen-bond acceptors (Lipinski definition) is 4. The average Bonchev–Trinajstić information content (AvgIpc) is 2.51. The van der Waals surface area contributed by atoms with Crippen LogP contribution in [0.4, 0.5) is 5.69 Å². The van der Waals surface area contributed by atoms with Gasteiger partial charge < -0.3 is 0 Å². The van der Waals surface area contributed by atoms with E-state index in [0.717, 1.165) is 5.06 Å². The summed E-state index contributed by atoms with van der Waals surface area (Å²) < 4.78 is 0. The number of rotatable bonds is 2. The second-order valence-electron chi connectivity index (χ2n) is 4.62. The summed E-state index contributed by atoms with van der Waals surface area (Å²) in [6.45, 7) is 2.10. The van der Waals surface area contributed by atoms with Crippen molar-refractivity contribution < 1.29 is 14.8 Å². The van der Waals surface area contributed by atoms with Crippen LogP contribution in [0.15, 0.2) is 42.5 Å². The Morgan fingerprint density at radius 2 is 1.50 bits per heavy atom. The predicted molar refractivity (Wildman–Crippen MR) is 74.6 cm³/mol. The van der Waals surface area contributed by atoms with Crippen LogP contribution in [0.3, 0.4) is 0 Å². The molecule has 1 aliphatic rings. The molecular weight excluding hydrogens is 254 g/mol. The highest BCUT2D eigenvalue weighted by Crippen LogP contribution is 2.33. The lowest BCUT2D eigenvalue weighted by atomic mass is 9.83. The molecule has 0 aromatic heterocycles. The van der Waals surface area contributed by atoms with E-state index in [4.69, 9.17) is 0 Å². The van der Waals surface area contributed by atoms with E-state index in [1.54, 1.807) is 49.4 Å². The molecule has 0 radical (unpaired) electrons. The van der Waals surface area contributed by atoms with Gasteiger partial charge in [-0.05, 0) is 13.0 Å². The summed E-state index contributed by atoms with van der Waals surface area (Å²) in [5, 5.41) is 10.9. The minimum atomic E-state index is -0.224. The van der Waals surface area contributed by atoms with Crippen LogP contribution in [0.5, 0.6) is 0 Å². The van der Waals surface area contributed by atoms with Gasteiger partial charge in [0.15, 0.2) is 11.6 Å². The first kappa shape index (κ1) is 12.6. The largest absolute Gasteiger partial charge is 0.289 e. The zero-order valence-electron chi connectivity index (χ0n) is 11.0. The number of ketones is 2. The summed E-state index contributed by atoms with van der Waals surface area (Å²) >= 11 is 0. The molecule has 4 heteroatoms. The zero-order chi connectivity index (χ0) is 14.3. The fraction of sp³-hybridized carbons (Fsp3) is 0.125. The Balaban J connectivity index is 2.28. The number of carbonyl (C=O) groups excluding carboxylic acids is 2. The number of hydrogen-bond donors (Lipinski definition) is 1. The maximum atomic E-state index is 12.6. The van der Waals surface area contributed by atoms with Crippen molar-refractivity contribution in [3.8, 4) is 0 Å². The van der Waals surface area contributed by atoms with Gasteiger partial charge in [-0.3, -0.25) is 19.9 Å². The molecule has 0 amide bonds. The monoisotopic (exact) mass is 267 g/mol. The quantitative estimate of drug-likeness (QED) is 0.725. The molecule has 0 aliphatic heterocycles. The molecule has 20 heavy (non-hydrogen) atoms. The maximum absolute atomic E-state index is 12.6. The Morgan fingerprint density at radius 1 is 0.900 bits per heavy atom. The number of carbonyl (C=O) groups is 2. The fourth-order valence-electron chi connectivity index (χ4n) is 2.51. The molecule has 3 rings (SSSR count). The molecule has 0 unspecified atom stereocenters. The lowest BCUT2D eigenvalue weighted by Gasteiger charge is -2.23. The standard InChI is InChI=1S/C16H13NO3/c1-2-17(20)13-9-5-8-12-14(13)16(19)11-7-4-3-6-10(11)15(12)18/h3-9,20H,2H2,1H3. The molecule has 2 aromatic carbocycles. The second-order valence-corrected chi connectivity index (χ2v) is 4.62. The molecule has 0 heterocycles. The number of benzene rings is 2. The molecule has 1 N–H and O–H groups in total. The van der Waals surface area contributed by atoms with Crippen LogP contribution in [-0.4, -0.2) is 23.3 Å². The van der Waals surface area contributed by atoms with Crippen LogP contribution in [0.2, 0.25) is 0 Å². The molecule has 4 nitrogen and oxygen atoms in total. The third kappa shape index (κ3) is 1.66. The Morgan fingerprint density at radius 3 is 2.15 bits per heavy atom. The Kier molecular flexibility index (Phi) is 2.88. The molecule has 0 bridgehead atoms. The van der Waals surface area contributed by atoms with Crippen LogP contribution in [0.25, 0.3) is 0 Å². The van der Waals surface area contributed by atoms with E-state index in [0.29, 0.717) is 28.9 Å². The van der Waals surface area contributed by atoms with Gasteiger partial charge in [0, 0.05) is 23.2 Å². The minimum absolute atomic E-state index is 0.179. The third-order valence-corrected chi connectivity index (χ3v) is 3.51. The van der Waals surface area contributed by atoms with E-state index in [-0.39, 0.29) is 17.1 Å². The Bertz CT molecular complexity index is 721. The Labute approximate surface area is 116 Å². The molecule has 1 aliphatic carbocycles. The first-order chi connectivity index (χ1) is 9.65. The predicted octanol–water partition coefficient (Wildman–Crippen LogP) is 2.68. The summed E-state index contributed by atoms with van der Waals surface area (Å²) in [4.78, 5) is 25.1. The van der Waals surface area contributed by atoms with Crippen LogP contribution in [0, 0.1) is 0 Å². The van der Waals surface area contributed by atoms with Crippen molar-refractivity contribution in [3.05, 3.63) is 64.7 Å². The second kappa shape index (κ2) is 4.58. The highest BCUT2D eigenvalue weighted by atomic mass is 16.5. The first-order valence-electron chi connectivity index (χ1n) is 6.43. The van der Waals surface area contributed by atoms with Gasteiger partial charge in [-0.2, -0.15) is 0 Å². The fourth-order valence-corrected chi connectivity index (χ4v) is 2.51. The van der Waals surface area contributed by atoms with E-state index >= 15 is 0 Å². The van der Waals surface area contributed by atoms with Crippen LogP contribution in [-0.2, 0) is 0 Å². The lowest BCUT2D eigenvalue weighted by molar-refractivity contribution is 0.0978. The van der Waals surface area contributed by atoms with Gasteiger partial charge in [0.25, 0.3) is 0 Å². The van der Waals surface area contributed by atoms with Crippen molar-refractivity contribution in [2.75, 3.05) is 11.6 Å². The van der Waals surface area contributed by atoms with Crippen molar-refractivity contribution in [2.24, 2.45) is 0 Å². The van der Waals surface area contributed by atoms with E-state index in [1.807, 2.05) is 0 Å². The molecule has 2 aromatic rings. The number of hydroxylamine groups is 1. The summed E-state index contributed by atoms with van der Waals surface area (Å²) in [5.74, 6) is -0.403. The van der Waals surface area contributed by atoms with Crippen molar-refractivity contribution in [1.82, 2.24) is 0 Å². The Hall–Kier alpha value is -2.46. The number of nitrogens with zero attached hydrogens (tertiary/aromatic N) is 1. The van der Waals surface area contributed by atoms with E-state index in [1.165, 1.54) is 0 Å². The van der Waals surface area contributed by atoms with Crippen LogP contribution in [0.1, 0.15) is 38.8 Å². The van der Waals surface area contributed by atoms with Crippen LogP contribution < -0.4 is 5.06 Å². The van der Waals surface area contributed by atoms with Crippen molar-refractivity contribution in [3.63, 3.8) is 0 Å². The smallest absolute Gasteiger partial charge is 0.196 e. The number of fused-ring (bicyclic) bond motifs is 2. The zero-order valence-corrected chi connectivity index (χ0v) is 11.0. The van der Waals surface area contributed by atoms with Gasteiger partial charge in [-0.25, -0.2) is 0 Å². The summed E-state index contributed by atoms with van der Waals surface area (Å²) in [6, 6.07) is 11.7. The molecular formula is C16H13NO3. The molecule has 0 saturated carbocycles. The maximum Gasteiger partial charge on any atom is 0.196 e. The van der Waals surface area contributed by atoms with Crippen molar-refractivity contribution in [2.45, 2.75) is 6.92 Å². The first-order valence-corrected chi connectivity index (χ1v) is 6.43. The van der Waals surface area contributed by atoms with Gasteiger partial charge >= 0.3 is 0 Å². The van der Waals surface area contributed by atoms with Crippen LogP contribution >= 0.6 is 0 Å². The third-order valence-electron chi connectivity index (χ3n) is 3.51. The van der Waals surface area contributed by atoms with Crippen molar-refractivity contribution in [1.29, 1.82) is 0 Å². The molecule has 100 valence electrons. The van der Waals surface area contributed by atoms with Gasteiger partial charge in [0.1, 0.15) is 0 Å². The molecule has 0 spiro atoms. The molecule has 0 atom stereocenters. The molecule has 0 saturated heterocycles. The highest BCUT2D eigenvalue weighted by Gasteiger charge is 2.32. The molecule has 0 fully saturated rings. The van der Waals surface area contributed by atoms with E-state index < -0.39 is 0 Å². The topological polar surface area (TPSA) is 57.6 Å².